The second kappa shape index (κ2) is 7.11. The third-order valence-electron chi connectivity index (χ3n) is 2.66. The summed E-state index contributed by atoms with van der Waals surface area (Å²) in [4.78, 5) is 11.8. The molecule has 0 unspecified atom stereocenters. The van der Waals surface area contributed by atoms with Crippen LogP contribution in [-0.4, -0.2) is 27.4 Å². The monoisotopic (exact) mass is 335 g/mol. The largest absolute Gasteiger partial charge is 0.351 e. The Morgan fingerprint density at radius 2 is 1.91 bits per heavy atom. The minimum absolute atomic E-state index is 0.0190. The van der Waals surface area contributed by atoms with Crippen molar-refractivity contribution in [2.24, 2.45) is 0 Å². The molecule has 0 aliphatic heterocycles. The molecule has 0 bridgehead atoms. The number of thioether (sulfide) groups is 1. The molecular weight excluding hydrogens is 318 g/mol. The van der Waals surface area contributed by atoms with Crippen molar-refractivity contribution in [3.05, 3.63) is 41.4 Å². The number of hydrogen-bond donors (Lipinski definition) is 1. The van der Waals surface area contributed by atoms with Crippen LogP contribution in [0.4, 0.5) is 0 Å². The van der Waals surface area contributed by atoms with E-state index in [4.69, 9.17) is 11.6 Å². The quantitative estimate of drug-likeness (QED) is 0.863. The van der Waals surface area contributed by atoms with Crippen LogP contribution in [0.5, 0.6) is 0 Å². The molecule has 116 valence electrons. The predicted molar refractivity (Wildman–Crippen MR) is 91.1 cm³/mol. The number of carbonyl (C=O) groups excluding carboxylic acids is 1. The maximum absolute atomic E-state index is 11.8. The van der Waals surface area contributed by atoms with Crippen LogP contribution in [0.1, 0.15) is 20.8 Å². The summed E-state index contributed by atoms with van der Waals surface area (Å²) in [6.07, 6.45) is 0. The molecule has 2 rings (SSSR count). The van der Waals surface area contributed by atoms with Gasteiger partial charge in [-0.1, -0.05) is 41.6 Å². The van der Waals surface area contributed by atoms with Gasteiger partial charge in [0.15, 0.2) is 0 Å². The highest BCUT2D eigenvalue weighted by Crippen LogP contribution is 2.26. The maximum Gasteiger partial charge on any atom is 0.230 e. The molecule has 1 aromatic carbocycles. The molecule has 0 spiro atoms. The Bertz CT molecular complexity index is 653. The molecule has 0 atom stereocenters. The lowest BCUT2D eigenvalue weighted by Crippen LogP contribution is -2.41. The average Bonchev–Trinajstić information content (AvgIpc) is 2.45. The standard InChI is InChI=1S/C16H18ClN3OS/c1-16(2,3)18-14(21)10-22-15-9-8-13(19-20-15)11-6-4-5-7-12(11)17/h4-9H,10H2,1-3H3,(H,18,21). The summed E-state index contributed by atoms with van der Waals surface area (Å²) >= 11 is 7.50. The number of rotatable bonds is 4. The number of hydrogen-bond acceptors (Lipinski definition) is 4. The first-order valence-electron chi connectivity index (χ1n) is 6.87. The summed E-state index contributed by atoms with van der Waals surface area (Å²) in [6.45, 7) is 5.86. The van der Waals surface area contributed by atoms with Crippen molar-refractivity contribution in [1.82, 2.24) is 15.5 Å². The van der Waals surface area contributed by atoms with Gasteiger partial charge in [-0.15, -0.1) is 10.2 Å². The first-order chi connectivity index (χ1) is 10.3. The van der Waals surface area contributed by atoms with Gasteiger partial charge in [-0.2, -0.15) is 0 Å². The van der Waals surface area contributed by atoms with Crippen molar-refractivity contribution in [1.29, 1.82) is 0 Å². The number of amides is 1. The summed E-state index contributed by atoms with van der Waals surface area (Å²) in [5, 5.41) is 12.6. The Labute approximate surface area is 139 Å². The van der Waals surface area contributed by atoms with E-state index in [1.807, 2.05) is 57.2 Å². The second-order valence-corrected chi connectivity index (χ2v) is 7.23. The molecule has 2 aromatic rings. The van der Waals surface area contributed by atoms with Crippen molar-refractivity contribution in [3.8, 4) is 11.3 Å². The predicted octanol–water partition coefficient (Wildman–Crippen LogP) is 3.80. The van der Waals surface area contributed by atoms with Gasteiger partial charge in [-0.3, -0.25) is 4.79 Å². The molecular formula is C16H18ClN3OS. The van der Waals surface area contributed by atoms with E-state index in [1.165, 1.54) is 11.8 Å². The van der Waals surface area contributed by atoms with Gasteiger partial charge in [0.25, 0.3) is 0 Å². The molecule has 22 heavy (non-hydrogen) atoms. The molecule has 0 aliphatic rings. The van der Waals surface area contributed by atoms with E-state index < -0.39 is 0 Å². The van der Waals surface area contributed by atoms with Gasteiger partial charge >= 0.3 is 0 Å². The smallest absolute Gasteiger partial charge is 0.230 e. The summed E-state index contributed by atoms with van der Waals surface area (Å²) in [7, 11) is 0. The van der Waals surface area contributed by atoms with Gasteiger partial charge in [-0.05, 0) is 39.0 Å². The molecule has 0 radical (unpaired) electrons. The Balaban J connectivity index is 1.98. The molecule has 6 heteroatoms. The first kappa shape index (κ1) is 16.8. The zero-order valence-electron chi connectivity index (χ0n) is 12.8. The third-order valence-corrected chi connectivity index (χ3v) is 3.91. The Morgan fingerprint density at radius 3 is 2.50 bits per heavy atom. The molecule has 0 saturated carbocycles. The van der Waals surface area contributed by atoms with E-state index in [9.17, 15) is 4.79 Å². The normalized spacial score (nSPS) is 11.3. The van der Waals surface area contributed by atoms with Gasteiger partial charge < -0.3 is 5.32 Å². The van der Waals surface area contributed by atoms with Gasteiger partial charge in [0.1, 0.15) is 5.03 Å². The summed E-state index contributed by atoms with van der Waals surface area (Å²) < 4.78 is 0. The van der Waals surface area contributed by atoms with E-state index in [1.54, 1.807) is 0 Å². The molecule has 1 N–H and O–H groups in total. The van der Waals surface area contributed by atoms with Gasteiger partial charge in [0.05, 0.1) is 16.5 Å². The molecule has 4 nitrogen and oxygen atoms in total. The fourth-order valence-corrected chi connectivity index (χ4v) is 2.65. The highest BCUT2D eigenvalue weighted by atomic mass is 35.5. The number of halogens is 1. The van der Waals surface area contributed by atoms with Crippen LogP contribution in [0.2, 0.25) is 5.02 Å². The van der Waals surface area contributed by atoms with Crippen LogP contribution in [0.25, 0.3) is 11.3 Å². The summed E-state index contributed by atoms with van der Waals surface area (Å²) in [6, 6.07) is 11.2. The van der Waals surface area contributed by atoms with E-state index >= 15 is 0 Å². The second-order valence-electron chi connectivity index (χ2n) is 5.82. The Hall–Kier alpha value is -1.59. The fraction of sp³-hybridized carbons (Fsp3) is 0.312. The van der Waals surface area contributed by atoms with E-state index in [-0.39, 0.29) is 11.4 Å². The highest BCUT2D eigenvalue weighted by molar-refractivity contribution is 7.99. The Kier molecular flexibility index (Phi) is 5.42. The van der Waals surface area contributed by atoms with Crippen molar-refractivity contribution in [2.45, 2.75) is 31.3 Å². The Morgan fingerprint density at radius 1 is 1.18 bits per heavy atom. The summed E-state index contributed by atoms with van der Waals surface area (Å²) in [5.74, 6) is 0.298. The van der Waals surface area contributed by atoms with Crippen molar-refractivity contribution in [2.75, 3.05) is 5.75 Å². The minimum atomic E-state index is -0.225. The van der Waals surface area contributed by atoms with Crippen LogP contribution in [0, 0.1) is 0 Å². The molecule has 0 aliphatic carbocycles. The SMILES string of the molecule is CC(C)(C)NC(=O)CSc1ccc(-c2ccccc2Cl)nn1. The lowest BCUT2D eigenvalue weighted by molar-refractivity contribution is -0.119. The third kappa shape index (κ3) is 5.00. The fourth-order valence-electron chi connectivity index (χ4n) is 1.80. The topological polar surface area (TPSA) is 54.9 Å². The van der Waals surface area contributed by atoms with Gasteiger partial charge in [0.2, 0.25) is 5.91 Å². The molecule has 0 fully saturated rings. The maximum atomic E-state index is 11.8. The van der Waals surface area contributed by atoms with Gasteiger partial charge in [-0.25, -0.2) is 0 Å². The summed E-state index contributed by atoms with van der Waals surface area (Å²) in [5.41, 5.74) is 1.34. The molecule has 1 amide bonds. The van der Waals surface area contributed by atoms with Crippen LogP contribution in [0.15, 0.2) is 41.4 Å². The van der Waals surface area contributed by atoms with Crippen molar-refractivity contribution in [3.63, 3.8) is 0 Å². The van der Waals surface area contributed by atoms with Gasteiger partial charge in [0, 0.05) is 11.1 Å². The molecule has 0 saturated heterocycles. The van der Waals surface area contributed by atoms with Crippen LogP contribution in [0.3, 0.4) is 0 Å². The van der Waals surface area contributed by atoms with E-state index in [0.717, 1.165) is 5.56 Å². The van der Waals surface area contributed by atoms with Crippen LogP contribution >= 0.6 is 23.4 Å². The first-order valence-corrected chi connectivity index (χ1v) is 8.24. The van der Waals surface area contributed by atoms with Crippen molar-refractivity contribution < 1.29 is 4.79 Å². The number of nitrogens with zero attached hydrogens (tertiary/aromatic N) is 2. The van der Waals surface area contributed by atoms with Crippen LogP contribution < -0.4 is 5.32 Å². The van der Waals surface area contributed by atoms with E-state index in [0.29, 0.717) is 21.5 Å². The van der Waals surface area contributed by atoms with Crippen LogP contribution in [-0.2, 0) is 4.79 Å². The lowest BCUT2D eigenvalue weighted by atomic mass is 10.1. The highest BCUT2D eigenvalue weighted by Gasteiger charge is 2.14. The number of benzene rings is 1. The van der Waals surface area contributed by atoms with E-state index in [2.05, 4.69) is 15.5 Å². The van der Waals surface area contributed by atoms with Crippen molar-refractivity contribution >= 4 is 29.3 Å². The lowest BCUT2D eigenvalue weighted by Gasteiger charge is -2.20. The number of aromatic nitrogens is 2. The zero-order chi connectivity index (χ0) is 16.2. The number of nitrogens with one attached hydrogen (secondary N) is 1. The number of carbonyl (C=O) groups is 1. The minimum Gasteiger partial charge on any atom is -0.351 e. The average molecular weight is 336 g/mol. The molecule has 1 aromatic heterocycles. The molecule has 1 heterocycles. The zero-order valence-corrected chi connectivity index (χ0v) is 14.3.